The minimum absolute atomic E-state index is 0.0359. The second-order valence-electron chi connectivity index (χ2n) is 23.8. The lowest BCUT2D eigenvalue weighted by Crippen LogP contribution is -2.65. The van der Waals surface area contributed by atoms with Crippen molar-refractivity contribution in [2.24, 2.45) is 33.5 Å². The highest BCUT2D eigenvalue weighted by atomic mass is 16.8. The van der Waals surface area contributed by atoms with E-state index < -0.39 is 149 Å². The van der Waals surface area contributed by atoms with Gasteiger partial charge in [-0.3, -0.25) is 4.79 Å². The second kappa shape index (κ2) is 20.7. The summed E-state index contributed by atoms with van der Waals surface area (Å²) in [5.74, 6) is 0.377. The number of hydrogen-bond acceptors (Lipinski definition) is 22. The largest absolute Gasteiger partial charge is 0.396 e. The van der Waals surface area contributed by atoms with Crippen molar-refractivity contribution in [3.63, 3.8) is 0 Å². The van der Waals surface area contributed by atoms with Gasteiger partial charge in [-0.05, 0) is 80.5 Å². The molecule has 5 saturated heterocycles. The minimum Gasteiger partial charge on any atom is -0.396 e. The van der Waals surface area contributed by atoms with Gasteiger partial charge in [0.15, 0.2) is 30.9 Å². The van der Waals surface area contributed by atoms with Crippen LogP contribution in [0.5, 0.6) is 0 Å². The number of aliphatic hydroxyl groups excluding tert-OH is 11. The summed E-state index contributed by atoms with van der Waals surface area (Å²) in [4.78, 5) is 13.0. The second-order valence-corrected chi connectivity index (χ2v) is 23.8. The molecular weight excluding hydrogens is 965 g/mol. The van der Waals surface area contributed by atoms with Crippen molar-refractivity contribution in [3.8, 4) is 0 Å². The van der Waals surface area contributed by atoms with Crippen LogP contribution in [0.4, 0.5) is 0 Å². The van der Waals surface area contributed by atoms with Crippen molar-refractivity contribution < 1.29 is 109 Å². The molecule has 0 radical (unpaired) electrons. The Bertz CT molecular complexity index is 2010. The van der Waals surface area contributed by atoms with Gasteiger partial charge < -0.3 is 104 Å². The lowest BCUT2D eigenvalue weighted by molar-refractivity contribution is -0.378. The molecule has 5 heterocycles. The molecule has 0 bridgehead atoms. The molecule has 0 aromatic heterocycles. The van der Waals surface area contributed by atoms with E-state index in [1.807, 2.05) is 13.8 Å². The molecule has 2 saturated carbocycles. The van der Waals surface area contributed by atoms with Crippen LogP contribution in [0, 0.1) is 33.5 Å². The molecular formula is C51H82O22. The van der Waals surface area contributed by atoms with Gasteiger partial charge in [-0.25, -0.2) is 0 Å². The van der Waals surface area contributed by atoms with Crippen molar-refractivity contribution in [2.75, 3.05) is 39.6 Å². The molecule has 9 aliphatic rings. The lowest BCUT2D eigenvalue weighted by Gasteiger charge is -2.63. The SMILES string of the molecule is CCC(=O)[C@@H]1C[C@@H](C)[C@]2(CC[C@@]3(C)C4=C(CC[C@@]32C)[C@@]2(C)CC[C@H](O[C@@H]3O[C@H](CO[C@@H]5OC[C@H](O)[C@H](O)[C@H]5O[C@@H]5O[C@H](CO)[C@@H](O)[C@H](O)[C@H]5O[C@@H]5OC[C@](O)(CO)[C@H]5O)[C@@H](O)[C@H](O)[C@H]3O)[C@](C)(CO)[C@@H]2CC4)O1. The molecule has 22 heteroatoms. The highest BCUT2D eigenvalue weighted by Crippen LogP contribution is 2.75. The summed E-state index contributed by atoms with van der Waals surface area (Å²) in [7, 11) is 0. The minimum atomic E-state index is -2.14. The number of carbonyl (C=O) groups is 1. The fraction of sp³-hybridized carbons (Fsp3) is 0.941. The van der Waals surface area contributed by atoms with Gasteiger partial charge in [-0.2, -0.15) is 0 Å². The van der Waals surface area contributed by atoms with Crippen molar-refractivity contribution >= 4 is 5.78 Å². The van der Waals surface area contributed by atoms with Gasteiger partial charge in [0.05, 0.1) is 51.3 Å². The van der Waals surface area contributed by atoms with E-state index in [-0.39, 0.29) is 52.2 Å². The van der Waals surface area contributed by atoms with Gasteiger partial charge >= 0.3 is 0 Å². The molecule has 26 atom stereocenters. The number of rotatable bonds is 14. The monoisotopic (exact) mass is 1050 g/mol. The summed E-state index contributed by atoms with van der Waals surface area (Å²) in [6, 6.07) is 0. The summed E-state index contributed by atoms with van der Waals surface area (Å²) < 4.78 is 54.3. The van der Waals surface area contributed by atoms with Crippen LogP contribution in [0.3, 0.4) is 0 Å². The molecule has 73 heavy (non-hydrogen) atoms. The maximum absolute atomic E-state index is 13.0. The topological polar surface area (TPSA) is 343 Å². The number of allylic oxidation sites excluding steroid dienone is 2. The van der Waals surface area contributed by atoms with Gasteiger partial charge in [-0.15, -0.1) is 0 Å². The summed E-state index contributed by atoms with van der Waals surface area (Å²) >= 11 is 0. The Morgan fingerprint density at radius 3 is 2.05 bits per heavy atom. The van der Waals surface area contributed by atoms with Crippen LogP contribution in [-0.2, 0) is 47.4 Å². The third kappa shape index (κ3) is 8.86. The Labute approximate surface area is 425 Å². The van der Waals surface area contributed by atoms with Gasteiger partial charge in [-0.1, -0.05) is 52.7 Å². The van der Waals surface area contributed by atoms with Crippen molar-refractivity contribution in [1.82, 2.24) is 0 Å². The van der Waals surface area contributed by atoms with E-state index in [1.54, 1.807) is 0 Å². The molecule has 12 N–H and O–H groups in total. The first-order chi connectivity index (χ1) is 34.4. The maximum atomic E-state index is 13.0. The van der Waals surface area contributed by atoms with Crippen LogP contribution < -0.4 is 0 Å². The number of aliphatic hydroxyl groups is 12. The average molecular weight is 1050 g/mol. The molecule has 418 valence electrons. The summed E-state index contributed by atoms with van der Waals surface area (Å²) in [5.41, 5.74) is -1.03. The molecule has 9 rings (SSSR count). The number of ether oxygens (including phenoxy) is 9. The van der Waals surface area contributed by atoms with Crippen molar-refractivity contribution in [3.05, 3.63) is 11.1 Å². The number of carbonyl (C=O) groups excluding carboxylic acids is 1. The first-order valence-electron chi connectivity index (χ1n) is 26.5. The highest BCUT2D eigenvalue weighted by molar-refractivity contribution is 5.83. The molecule has 7 fully saturated rings. The van der Waals surface area contributed by atoms with Gasteiger partial charge in [0, 0.05) is 17.3 Å². The first-order valence-corrected chi connectivity index (χ1v) is 26.5. The van der Waals surface area contributed by atoms with E-state index in [0.29, 0.717) is 19.3 Å². The maximum Gasteiger partial charge on any atom is 0.187 e. The van der Waals surface area contributed by atoms with E-state index in [1.165, 1.54) is 11.1 Å². The fourth-order valence-corrected chi connectivity index (χ4v) is 15.4. The van der Waals surface area contributed by atoms with Crippen LogP contribution in [0.25, 0.3) is 0 Å². The van der Waals surface area contributed by atoms with Gasteiger partial charge in [0.25, 0.3) is 0 Å². The number of hydrogen-bond donors (Lipinski definition) is 12. The molecule has 1 spiro atoms. The highest BCUT2D eigenvalue weighted by Gasteiger charge is 2.72. The zero-order chi connectivity index (χ0) is 53.0. The van der Waals surface area contributed by atoms with E-state index in [4.69, 9.17) is 42.6 Å². The molecule has 0 aromatic rings. The first kappa shape index (κ1) is 56.3. The fourth-order valence-electron chi connectivity index (χ4n) is 15.4. The van der Waals surface area contributed by atoms with Crippen LogP contribution in [0.1, 0.15) is 106 Å². The lowest BCUT2D eigenvalue weighted by atomic mass is 9.42. The Hall–Kier alpha value is -1.43. The molecule has 22 nitrogen and oxygen atoms in total. The predicted octanol–water partition coefficient (Wildman–Crippen LogP) is -1.83. The summed E-state index contributed by atoms with van der Waals surface area (Å²) in [6.45, 7) is 9.67. The van der Waals surface area contributed by atoms with Crippen LogP contribution in [0.2, 0.25) is 0 Å². The number of fused-ring (bicyclic) bond motifs is 5. The Balaban J connectivity index is 0.891. The molecule has 0 aromatic carbocycles. The summed E-state index contributed by atoms with van der Waals surface area (Å²) in [6.07, 6.45) is -20.4. The molecule has 4 aliphatic carbocycles. The normalized spacial score (nSPS) is 54.1. The smallest absolute Gasteiger partial charge is 0.187 e. The van der Waals surface area contributed by atoms with Crippen molar-refractivity contribution in [1.29, 1.82) is 0 Å². The van der Waals surface area contributed by atoms with Gasteiger partial charge in [0.2, 0.25) is 0 Å². The Kier molecular flexibility index (Phi) is 15.9. The summed E-state index contributed by atoms with van der Waals surface area (Å²) in [5, 5.41) is 130. The third-order valence-electron chi connectivity index (χ3n) is 20.2. The molecule has 5 aliphatic heterocycles. The van der Waals surface area contributed by atoms with E-state index in [0.717, 1.165) is 44.9 Å². The Morgan fingerprint density at radius 1 is 0.699 bits per heavy atom. The third-order valence-corrected chi connectivity index (χ3v) is 20.2. The van der Waals surface area contributed by atoms with Gasteiger partial charge in [0.1, 0.15) is 85.0 Å². The predicted molar refractivity (Wildman–Crippen MR) is 248 cm³/mol. The zero-order valence-corrected chi connectivity index (χ0v) is 42.8. The number of Topliss-reactive ketones (excluding diaryl/α,β-unsaturated/α-hetero) is 1. The van der Waals surface area contributed by atoms with E-state index in [9.17, 15) is 66.1 Å². The van der Waals surface area contributed by atoms with Crippen LogP contribution in [-0.4, -0.2) is 229 Å². The van der Waals surface area contributed by atoms with E-state index in [2.05, 4.69) is 27.7 Å². The van der Waals surface area contributed by atoms with Crippen molar-refractivity contribution in [2.45, 2.75) is 228 Å². The van der Waals surface area contributed by atoms with Crippen LogP contribution in [0.15, 0.2) is 11.1 Å². The zero-order valence-electron chi connectivity index (χ0n) is 42.8. The Morgan fingerprint density at radius 2 is 1.38 bits per heavy atom. The molecule has 0 unspecified atom stereocenters. The number of ketones is 1. The molecule has 0 amide bonds. The standard InChI is InChI=1S/C51H82O22/c1-7-26(55)28-16-23(2)51(73-28)15-14-48(5)25-8-9-31-46(3,24(25)10-13-49(48,51)6)12-11-32(47(31,4)20-53)70-42-38(62)36(60)35(59)30(69-42)19-66-43-39(33(57)27(56)18-65-43)71-44-40(37(61)34(58)29(17-52)68-44)72-45-41(63)50(64,21-54)22-67-45/h23,27-45,52-54,56-64H,7-22H2,1-6H3/t23-,27+,28+,29-,30-,31-,32+,33+,34-,35-,36+,37+,38-,39-,40-,41+,42+,43+,44+,45+,46-,47-,48+,49+,50-,51+/m1/s1. The quantitative estimate of drug-likeness (QED) is 0.0852. The average Bonchev–Trinajstić information content (AvgIpc) is 3.96. The van der Waals surface area contributed by atoms with Crippen LogP contribution >= 0.6 is 0 Å². The van der Waals surface area contributed by atoms with E-state index >= 15 is 0 Å².